The Morgan fingerprint density at radius 2 is 2.07 bits per heavy atom. The zero-order chi connectivity index (χ0) is 20.1. The van der Waals surface area contributed by atoms with E-state index in [4.69, 9.17) is 33.3 Å². The standard InChI is InChI=1S/C20H21ClN4O2S/c1-13(2)19-23-24-20(28)25(19)22-11-14-7-8-17(18(10-14)26-3)27-12-15-5-4-6-16(21)9-15/h4-11,13H,12H2,1-3H3,(H,24,28)/b22-11+. The number of aromatic nitrogens is 3. The summed E-state index contributed by atoms with van der Waals surface area (Å²) in [5.41, 5.74) is 1.83. The van der Waals surface area contributed by atoms with Crippen molar-refractivity contribution in [3.63, 3.8) is 0 Å². The minimum absolute atomic E-state index is 0.196. The minimum Gasteiger partial charge on any atom is -0.493 e. The Labute approximate surface area is 173 Å². The SMILES string of the molecule is COc1cc(/C=N/n2c(C(C)C)n[nH]c2=S)ccc1OCc1cccc(Cl)c1. The third kappa shape index (κ3) is 4.79. The lowest BCUT2D eigenvalue weighted by Crippen LogP contribution is -2.01. The maximum atomic E-state index is 6.01. The summed E-state index contributed by atoms with van der Waals surface area (Å²) in [6.45, 7) is 4.46. The van der Waals surface area contributed by atoms with Gasteiger partial charge in [-0.2, -0.15) is 14.9 Å². The van der Waals surface area contributed by atoms with Gasteiger partial charge in [-0.1, -0.05) is 37.6 Å². The number of nitrogens with one attached hydrogen (secondary N) is 1. The number of benzene rings is 2. The zero-order valence-electron chi connectivity index (χ0n) is 15.8. The van der Waals surface area contributed by atoms with Gasteiger partial charge in [0.25, 0.3) is 0 Å². The molecule has 0 radical (unpaired) electrons. The Kier molecular flexibility index (Phi) is 6.49. The molecule has 0 amide bonds. The molecule has 3 aromatic rings. The normalized spacial score (nSPS) is 11.3. The number of methoxy groups -OCH3 is 1. The van der Waals surface area contributed by atoms with Crippen molar-refractivity contribution in [1.29, 1.82) is 0 Å². The van der Waals surface area contributed by atoms with Gasteiger partial charge < -0.3 is 9.47 Å². The smallest absolute Gasteiger partial charge is 0.216 e. The first-order valence-electron chi connectivity index (χ1n) is 8.75. The van der Waals surface area contributed by atoms with Gasteiger partial charge in [0.1, 0.15) is 6.61 Å². The Hall–Kier alpha value is -2.64. The van der Waals surface area contributed by atoms with Gasteiger partial charge in [0.15, 0.2) is 17.3 Å². The van der Waals surface area contributed by atoms with E-state index in [0.717, 1.165) is 17.0 Å². The van der Waals surface area contributed by atoms with E-state index in [1.807, 2.05) is 56.3 Å². The molecule has 1 N–H and O–H groups in total. The third-order valence-electron chi connectivity index (χ3n) is 3.99. The average Bonchev–Trinajstić information content (AvgIpc) is 3.05. The monoisotopic (exact) mass is 416 g/mol. The second kappa shape index (κ2) is 9.03. The Morgan fingerprint density at radius 1 is 1.25 bits per heavy atom. The van der Waals surface area contributed by atoms with E-state index in [2.05, 4.69) is 15.3 Å². The van der Waals surface area contributed by atoms with Gasteiger partial charge in [-0.05, 0) is 53.7 Å². The Morgan fingerprint density at radius 3 is 2.79 bits per heavy atom. The zero-order valence-corrected chi connectivity index (χ0v) is 17.4. The van der Waals surface area contributed by atoms with Crippen LogP contribution in [0.2, 0.25) is 5.02 Å². The largest absolute Gasteiger partial charge is 0.493 e. The summed E-state index contributed by atoms with van der Waals surface area (Å²) in [4.78, 5) is 0. The molecule has 0 aliphatic heterocycles. The molecular formula is C20H21ClN4O2S. The fraction of sp³-hybridized carbons (Fsp3) is 0.250. The van der Waals surface area contributed by atoms with Crippen molar-refractivity contribution < 1.29 is 9.47 Å². The van der Waals surface area contributed by atoms with E-state index in [9.17, 15) is 0 Å². The predicted octanol–water partition coefficient (Wildman–Crippen LogP) is 5.19. The van der Waals surface area contributed by atoms with Crippen LogP contribution in [-0.4, -0.2) is 28.2 Å². The third-order valence-corrected chi connectivity index (χ3v) is 4.48. The number of aromatic amines is 1. The molecule has 0 aliphatic carbocycles. The second-order valence-electron chi connectivity index (χ2n) is 6.43. The molecule has 0 unspecified atom stereocenters. The average molecular weight is 417 g/mol. The van der Waals surface area contributed by atoms with Crippen molar-refractivity contribution in [1.82, 2.24) is 14.9 Å². The van der Waals surface area contributed by atoms with E-state index < -0.39 is 0 Å². The number of ether oxygens (including phenoxy) is 2. The van der Waals surface area contributed by atoms with Crippen molar-refractivity contribution in [2.24, 2.45) is 5.10 Å². The highest BCUT2D eigenvalue weighted by Crippen LogP contribution is 2.28. The van der Waals surface area contributed by atoms with Gasteiger partial charge in [-0.15, -0.1) is 0 Å². The van der Waals surface area contributed by atoms with Crippen LogP contribution in [-0.2, 0) is 6.61 Å². The topological polar surface area (TPSA) is 64.4 Å². The van der Waals surface area contributed by atoms with Crippen LogP contribution in [0.5, 0.6) is 11.5 Å². The first-order chi connectivity index (χ1) is 13.5. The predicted molar refractivity (Wildman–Crippen MR) is 113 cm³/mol. The molecule has 0 saturated heterocycles. The fourth-order valence-corrected chi connectivity index (χ4v) is 2.98. The summed E-state index contributed by atoms with van der Waals surface area (Å²) in [5, 5.41) is 12.1. The molecule has 6 nitrogen and oxygen atoms in total. The molecule has 0 spiro atoms. The molecule has 1 aromatic heterocycles. The van der Waals surface area contributed by atoms with Gasteiger partial charge in [0, 0.05) is 10.9 Å². The van der Waals surface area contributed by atoms with Crippen molar-refractivity contribution in [2.45, 2.75) is 26.4 Å². The van der Waals surface area contributed by atoms with Crippen LogP contribution in [0.15, 0.2) is 47.6 Å². The van der Waals surface area contributed by atoms with Crippen LogP contribution in [0.4, 0.5) is 0 Å². The van der Waals surface area contributed by atoms with Crippen LogP contribution in [0.25, 0.3) is 0 Å². The van der Waals surface area contributed by atoms with E-state index in [1.165, 1.54) is 0 Å². The van der Waals surface area contributed by atoms with Crippen molar-refractivity contribution in [2.75, 3.05) is 7.11 Å². The highest BCUT2D eigenvalue weighted by atomic mass is 35.5. The van der Waals surface area contributed by atoms with Gasteiger partial charge >= 0.3 is 0 Å². The quantitative estimate of drug-likeness (QED) is 0.425. The van der Waals surface area contributed by atoms with E-state index in [1.54, 1.807) is 18.0 Å². The Balaban J connectivity index is 1.78. The van der Waals surface area contributed by atoms with Gasteiger partial charge in [0.05, 0.1) is 13.3 Å². The molecular weight excluding hydrogens is 396 g/mol. The van der Waals surface area contributed by atoms with Crippen LogP contribution < -0.4 is 9.47 Å². The molecule has 0 bridgehead atoms. The van der Waals surface area contributed by atoms with Gasteiger partial charge in [0.2, 0.25) is 4.77 Å². The summed E-state index contributed by atoms with van der Waals surface area (Å²) in [5.74, 6) is 2.23. The Bertz CT molecular complexity index is 1040. The molecule has 0 atom stereocenters. The lowest BCUT2D eigenvalue weighted by atomic mass is 10.2. The van der Waals surface area contributed by atoms with E-state index in [-0.39, 0.29) is 5.92 Å². The lowest BCUT2D eigenvalue weighted by molar-refractivity contribution is 0.284. The minimum atomic E-state index is 0.196. The van der Waals surface area contributed by atoms with Crippen molar-refractivity contribution >= 4 is 30.0 Å². The fourth-order valence-electron chi connectivity index (χ4n) is 2.59. The maximum absolute atomic E-state index is 6.01. The molecule has 8 heteroatoms. The second-order valence-corrected chi connectivity index (χ2v) is 7.25. The molecule has 146 valence electrons. The van der Waals surface area contributed by atoms with Gasteiger partial charge in [-0.3, -0.25) is 5.10 Å². The van der Waals surface area contributed by atoms with Crippen LogP contribution in [0, 0.1) is 4.77 Å². The van der Waals surface area contributed by atoms with Crippen molar-refractivity contribution in [3.8, 4) is 11.5 Å². The number of H-pyrrole nitrogens is 1. The summed E-state index contributed by atoms with van der Waals surface area (Å²) in [6, 6.07) is 13.2. The van der Waals surface area contributed by atoms with Crippen molar-refractivity contribution in [3.05, 3.63) is 69.2 Å². The summed E-state index contributed by atoms with van der Waals surface area (Å²) < 4.78 is 13.4. The number of rotatable bonds is 7. The number of halogens is 1. The number of hydrogen-bond donors (Lipinski definition) is 1. The highest BCUT2D eigenvalue weighted by Gasteiger charge is 2.09. The lowest BCUT2D eigenvalue weighted by Gasteiger charge is -2.11. The highest BCUT2D eigenvalue weighted by molar-refractivity contribution is 7.71. The molecule has 0 fully saturated rings. The molecule has 0 saturated carbocycles. The van der Waals surface area contributed by atoms with E-state index in [0.29, 0.717) is 27.9 Å². The number of hydrogen-bond acceptors (Lipinski definition) is 5. The number of nitrogens with zero attached hydrogens (tertiary/aromatic N) is 3. The maximum Gasteiger partial charge on any atom is 0.216 e. The first kappa shape index (κ1) is 20.1. The molecule has 0 aliphatic rings. The summed E-state index contributed by atoms with van der Waals surface area (Å²) in [6.07, 6.45) is 1.71. The molecule has 28 heavy (non-hydrogen) atoms. The molecule has 2 aromatic carbocycles. The van der Waals surface area contributed by atoms with Crippen LogP contribution in [0.1, 0.15) is 36.7 Å². The van der Waals surface area contributed by atoms with E-state index >= 15 is 0 Å². The summed E-state index contributed by atoms with van der Waals surface area (Å²) >= 11 is 11.3. The van der Waals surface area contributed by atoms with Crippen LogP contribution >= 0.6 is 23.8 Å². The van der Waals surface area contributed by atoms with Crippen LogP contribution in [0.3, 0.4) is 0 Å². The molecule has 1 heterocycles. The first-order valence-corrected chi connectivity index (χ1v) is 9.53. The summed E-state index contributed by atoms with van der Waals surface area (Å²) in [7, 11) is 1.60. The molecule has 3 rings (SSSR count). The van der Waals surface area contributed by atoms with Gasteiger partial charge in [-0.25, -0.2) is 0 Å².